The number of carbonyl (C=O) groups is 2. The molecule has 3 atom stereocenters. The summed E-state index contributed by atoms with van der Waals surface area (Å²) in [6.07, 6.45) is -6.56. The summed E-state index contributed by atoms with van der Waals surface area (Å²) in [6.45, 7) is -0.0864. The molecule has 14 heteroatoms. The molecule has 0 saturated heterocycles. The van der Waals surface area contributed by atoms with Gasteiger partial charge in [0.05, 0.1) is 30.6 Å². The Morgan fingerprint density at radius 1 is 1.19 bits per heavy atom. The first-order chi connectivity index (χ1) is 17.3. The molecule has 2 fully saturated rings. The lowest BCUT2D eigenvalue weighted by Gasteiger charge is -2.33. The number of fused-ring (bicyclic) bond motifs is 1. The van der Waals surface area contributed by atoms with Crippen molar-refractivity contribution in [2.24, 2.45) is 17.8 Å². The van der Waals surface area contributed by atoms with Gasteiger partial charge in [-0.2, -0.15) is 18.3 Å². The molecule has 204 valence electrons. The minimum atomic E-state index is -4.44. The normalized spacial score (nSPS) is 22.7. The number of aromatic nitrogens is 3. The van der Waals surface area contributed by atoms with E-state index in [1.165, 1.54) is 16.9 Å². The number of nitrogens with zero attached hydrogens (tertiary/aromatic N) is 3. The second kappa shape index (κ2) is 10.4. The number of alkyl halides is 7. The molecule has 0 bridgehead atoms. The fourth-order valence-corrected chi connectivity index (χ4v) is 4.61. The van der Waals surface area contributed by atoms with E-state index in [1.807, 2.05) is 0 Å². The van der Waals surface area contributed by atoms with Crippen LogP contribution in [0.25, 0.3) is 5.65 Å². The topological polar surface area (TPSA) is 88.4 Å². The van der Waals surface area contributed by atoms with Crippen LogP contribution in [-0.4, -0.2) is 44.9 Å². The standard InChI is InChI=1S/C23H26F7N5O2/c24-20(25)14-8-15(14)21(37)34-19(13-1-4-22(26,27)5-2-13)16-11-35-17(33-16)7-12(10-32-35)9-31-18(36)3-6-23(28,29)30/h7,10-11,13-15,19-20H,1-6,8-9H2,(H,31,36)(H,34,37)/t14-,15+,19-/m0/s1. The highest BCUT2D eigenvalue weighted by Crippen LogP contribution is 2.45. The lowest BCUT2D eigenvalue weighted by Crippen LogP contribution is -2.38. The van der Waals surface area contributed by atoms with Crippen LogP contribution in [0.1, 0.15) is 62.2 Å². The summed E-state index contributed by atoms with van der Waals surface area (Å²) in [5.74, 6) is -6.39. The van der Waals surface area contributed by atoms with Gasteiger partial charge in [0.2, 0.25) is 24.2 Å². The Morgan fingerprint density at radius 3 is 2.51 bits per heavy atom. The highest BCUT2D eigenvalue weighted by atomic mass is 19.4. The predicted molar refractivity (Wildman–Crippen MR) is 116 cm³/mol. The molecule has 0 radical (unpaired) electrons. The van der Waals surface area contributed by atoms with Crippen LogP contribution in [0.5, 0.6) is 0 Å². The van der Waals surface area contributed by atoms with Crippen LogP contribution in [0.4, 0.5) is 30.7 Å². The van der Waals surface area contributed by atoms with Crippen molar-refractivity contribution in [1.82, 2.24) is 25.2 Å². The third kappa shape index (κ3) is 7.10. The molecule has 37 heavy (non-hydrogen) atoms. The van der Waals surface area contributed by atoms with Crippen LogP contribution in [0, 0.1) is 17.8 Å². The molecule has 2 N–H and O–H groups in total. The Balaban J connectivity index is 1.47. The first-order valence-electron chi connectivity index (χ1n) is 12.0. The number of halogens is 7. The van der Waals surface area contributed by atoms with Crippen LogP contribution >= 0.6 is 0 Å². The van der Waals surface area contributed by atoms with Crippen LogP contribution in [-0.2, 0) is 16.1 Å². The number of amides is 2. The van der Waals surface area contributed by atoms with Gasteiger partial charge in [-0.05, 0) is 36.8 Å². The molecule has 2 aliphatic rings. The van der Waals surface area contributed by atoms with Gasteiger partial charge in [0.15, 0.2) is 5.65 Å². The van der Waals surface area contributed by atoms with Crippen molar-refractivity contribution in [3.05, 3.63) is 29.7 Å². The van der Waals surface area contributed by atoms with Gasteiger partial charge in [0, 0.05) is 37.6 Å². The van der Waals surface area contributed by atoms with E-state index in [4.69, 9.17) is 0 Å². The smallest absolute Gasteiger partial charge is 0.352 e. The summed E-state index contributed by atoms with van der Waals surface area (Å²) >= 11 is 0. The zero-order chi connectivity index (χ0) is 27.0. The molecule has 2 aliphatic carbocycles. The summed E-state index contributed by atoms with van der Waals surface area (Å²) < 4.78 is 91.6. The molecule has 2 aromatic rings. The van der Waals surface area contributed by atoms with Crippen molar-refractivity contribution in [2.75, 3.05) is 0 Å². The minimum absolute atomic E-state index is 0.0593. The Morgan fingerprint density at radius 2 is 1.89 bits per heavy atom. The summed E-state index contributed by atoms with van der Waals surface area (Å²) in [6, 6.07) is 0.761. The molecule has 2 amide bonds. The number of hydrogen-bond donors (Lipinski definition) is 2. The lowest BCUT2D eigenvalue weighted by atomic mass is 9.81. The molecule has 0 aliphatic heterocycles. The van der Waals surface area contributed by atoms with E-state index in [2.05, 4.69) is 20.7 Å². The monoisotopic (exact) mass is 537 g/mol. The van der Waals surface area contributed by atoms with Gasteiger partial charge in [0.1, 0.15) is 0 Å². The molecule has 0 unspecified atom stereocenters. The fourth-order valence-electron chi connectivity index (χ4n) is 4.61. The molecule has 0 spiro atoms. The van der Waals surface area contributed by atoms with Crippen molar-refractivity contribution < 1.29 is 40.3 Å². The summed E-state index contributed by atoms with van der Waals surface area (Å²) in [5.41, 5.74) is 1.09. The SMILES string of the molecule is O=C(CCC(F)(F)F)NCc1cnn2cc([C@@H](NC(=O)[C@@H]3C[C@@H]3C(F)F)C3CCC(F)(F)CC3)nc2c1. The average Bonchev–Trinajstić information content (AvgIpc) is 3.52. The molecule has 4 rings (SSSR count). The summed E-state index contributed by atoms with van der Waals surface area (Å²) in [5, 5.41) is 9.30. The molecule has 2 aromatic heterocycles. The van der Waals surface area contributed by atoms with Crippen molar-refractivity contribution in [1.29, 1.82) is 0 Å². The molecule has 2 heterocycles. The van der Waals surface area contributed by atoms with Crippen molar-refractivity contribution >= 4 is 17.5 Å². The van der Waals surface area contributed by atoms with Gasteiger partial charge >= 0.3 is 6.18 Å². The Hall–Kier alpha value is -2.93. The van der Waals surface area contributed by atoms with Crippen LogP contribution in [0.15, 0.2) is 18.5 Å². The van der Waals surface area contributed by atoms with Crippen molar-refractivity contribution in [3.8, 4) is 0 Å². The highest BCUT2D eigenvalue weighted by Gasteiger charge is 2.50. The third-order valence-electron chi connectivity index (χ3n) is 6.87. The van der Waals surface area contributed by atoms with Gasteiger partial charge in [0.25, 0.3) is 0 Å². The summed E-state index contributed by atoms with van der Waals surface area (Å²) in [4.78, 5) is 28.8. The van der Waals surface area contributed by atoms with E-state index >= 15 is 0 Å². The second-order valence-corrected chi connectivity index (χ2v) is 9.74. The highest BCUT2D eigenvalue weighted by molar-refractivity contribution is 5.82. The van der Waals surface area contributed by atoms with Gasteiger partial charge in [-0.25, -0.2) is 27.1 Å². The lowest BCUT2D eigenvalue weighted by molar-refractivity contribution is -0.144. The number of carbonyl (C=O) groups excluding carboxylic acids is 2. The second-order valence-electron chi connectivity index (χ2n) is 9.74. The Kier molecular flexibility index (Phi) is 7.65. The maximum absolute atomic E-state index is 13.7. The first kappa shape index (κ1) is 27.1. The average molecular weight is 537 g/mol. The molecular weight excluding hydrogens is 511 g/mol. The maximum Gasteiger partial charge on any atom is 0.389 e. The van der Waals surface area contributed by atoms with E-state index < -0.39 is 61.1 Å². The number of imidazole rings is 1. The van der Waals surface area contributed by atoms with Crippen LogP contribution < -0.4 is 10.6 Å². The van der Waals surface area contributed by atoms with E-state index in [1.54, 1.807) is 6.07 Å². The van der Waals surface area contributed by atoms with Gasteiger partial charge in [-0.3, -0.25) is 9.59 Å². The maximum atomic E-state index is 13.7. The fraction of sp³-hybridized carbons (Fsp3) is 0.652. The molecule has 2 saturated carbocycles. The van der Waals surface area contributed by atoms with Crippen molar-refractivity contribution in [3.63, 3.8) is 0 Å². The zero-order valence-corrected chi connectivity index (χ0v) is 19.6. The van der Waals surface area contributed by atoms with E-state index in [0.29, 0.717) is 16.9 Å². The zero-order valence-electron chi connectivity index (χ0n) is 19.6. The predicted octanol–water partition coefficient (Wildman–Crippen LogP) is 4.57. The first-order valence-corrected chi connectivity index (χ1v) is 12.0. The van der Waals surface area contributed by atoms with Gasteiger partial charge < -0.3 is 10.6 Å². The summed E-state index contributed by atoms with van der Waals surface area (Å²) in [7, 11) is 0. The van der Waals surface area contributed by atoms with E-state index in [-0.39, 0.29) is 44.6 Å². The van der Waals surface area contributed by atoms with Gasteiger partial charge in [-0.15, -0.1) is 0 Å². The van der Waals surface area contributed by atoms with Crippen LogP contribution in [0.3, 0.4) is 0 Å². The van der Waals surface area contributed by atoms with E-state index in [0.717, 1.165) is 0 Å². The largest absolute Gasteiger partial charge is 0.389 e. The number of rotatable bonds is 9. The minimum Gasteiger partial charge on any atom is -0.352 e. The third-order valence-corrected chi connectivity index (χ3v) is 6.87. The number of hydrogen-bond acceptors (Lipinski definition) is 4. The quantitative estimate of drug-likeness (QED) is 0.459. The van der Waals surface area contributed by atoms with Crippen LogP contribution in [0.2, 0.25) is 0 Å². The molecule has 0 aromatic carbocycles. The van der Waals surface area contributed by atoms with E-state index in [9.17, 15) is 40.3 Å². The van der Waals surface area contributed by atoms with Crippen molar-refractivity contribution in [2.45, 2.75) is 76.1 Å². The molecular formula is C23H26F7N5O2. The van der Waals surface area contributed by atoms with Gasteiger partial charge in [-0.1, -0.05) is 0 Å². The number of nitrogens with one attached hydrogen (secondary N) is 2. The molecule has 7 nitrogen and oxygen atoms in total. The Bertz CT molecular complexity index is 1130. The Labute approximate surface area is 207 Å².